The van der Waals surface area contributed by atoms with Crippen LogP contribution in [0.25, 0.3) is 16.0 Å². The second-order valence-electron chi connectivity index (χ2n) is 10.0. The highest BCUT2D eigenvalue weighted by Crippen LogP contribution is 2.38. The van der Waals surface area contributed by atoms with Crippen LogP contribution in [0, 0.1) is 0 Å². The molecule has 39 heavy (non-hydrogen) atoms. The van der Waals surface area contributed by atoms with Gasteiger partial charge < -0.3 is 15.4 Å². The number of ether oxygens (including phenoxy) is 1. The van der Waals surface area contributed by atoms with E-state index in [9.17, 15) is 13.2 Å². The molecule has 1 fully saturated rings. The Labute approximate surface area is 237 Å². The molecule has 1 amide bonds. The summed E-state index contributed by atoms with van der Waals surface area (Å²) in [5.74, 6) is 0.432. The minimum absolute atomic E-state index is 0.194. The molecule has 0 bridgehead atoms. The highest BCUT2D eigenvalue weighted by Gasteiger charge is 2.24. The Morgan fingerprint density at radius 2 is 1.95 bits per heavy atom. The Morgan fingerprint density at radius 1 is 1.21 bits per heavy atom. The first-order chi connectivity index (χ1) is 18.6. The molecule has 2 N–H and O–H groups in total. The first-order valence-electron chi connectivity index (χ1n) is 12.8. The number of hydrogen-bond donors (Lipinski definition) is 1. The fourth-order valence-electron chi connectivity index (χ4n) is 5.04. The molecule has 4 aromatic rings. The fourth-order valence-corrected chi connectivity index (χ4v) is 6.84. The van der Waals surface area contributed by atoms with Gasteiger partial charge in [0.15, 0.2) is 0 Å². The van der Waals surface area contributed by atoms with Gasteiger partial charge in [-0.05, 0) is 62.5 Å². The van der Waals surface area contributed by atoms with Crippen molar-refractivity contribution in [2.75, 3.05) is 31.6 Å². The molecule has 3 heterocycles. The van der Waals surface area contributed by atoms with E-state index in [1.54, 1.807) is 12.4 Å². The van der Waals surface area contributed by atoms with E-state index >= 15 is 0 Å². The van der Waals surface area contributed by atoms with Gasteiger partial charge in [0.2, 0.25) is 0 Å². The third kappa shape index (κ3) is 6.30. The third-order valence-electron chi connectivity index (χ3n) is 7.20. The van der Waals surface area contributed by atoms with Crippen molar-refractivity contribution in [1.29, 1.82) is 0 Å². The summed E-state index contributed by atoms with van der Waals surface area (Å²) in [5.41, 5.74) is 9.56. The van der Waals surface area contributed by atoms with Crippen molar-refractivity contribution < 1.29 is 17.9 Å². The number of sulfone groups is 1. The van der Waals surface area contributed by atoms with Crippen molar-refractivity contribution in [3.63, 3.8) is 0 Å². The van der Waals surface area contributed by atoms with Crippen LogP contribution in [0.4, 0.5) is 0 Å². The number of nitrogens with zero attached hydrogens (tertiary/aromatic N) is 3. The summed E-state index contributed by atoms with van der Waals surface area (Å²) in [7, 11) is -2.96. The number of rotatable bonds is 9. The number of primary amides is 1. The number of piperidine rings is 1. The average molecular weight is 587 g/mol. The molecule has 1 aliphatic rings. The van der Waals surface area contributed by atoms with E-state index in [0.29, 0.717) is 28.1 Å². The molecular weight excluding hydrogens is 556 g/mol. The van der Waals surface area contributed by atoms with Crippen molar-refractivity contribution in [1.82, 2.24) is 14.5 Å². The van der Waals surface area contributed by atoms with Crippen LogP contribution in [-0.2, 0) is 9.84 Å². The van der Waals surface area contributed by atoms with Gasteiger partial charge in [0.25, 0.3) is 5.91 Å². The lowest BCUT2D eigenvalue weighted by atomic mass is 9.89. The van der Waals surface area contributed by atoms with Crippen LogP contribution in [0.5, 0.6) is 5.75 Å². The number of halogens is 1. The predicted octanol–water partition coefficient (Wildman–Crippen LogP) is 5.20. The summed E-state index contributed by atoms with van der Waals surface area (Å²) in [4.78, 5) is 19.4. The molecule has 1 aliphatic heterocycles. The molecule has 1 saturated heterocycles. The number of carbonyl (C=O) groups excluding carboxylic acids is 1. The van der Waals surface area contributed by atoms with E-state index in [0.717, 1.165) is 47.5 Å². The molecule has 0 unspecified atom stereocenters. The maximum atomic E-state index is 12.3. The van der Waals surface area contributed by atoms with Gasteiger partial charge in [-0.3, -0.25) is 9.36 Å². The zero-order chi connectivity index (χ0) is 27.7. The molecule has 0 spiro atoms. The Kier molecular flexibility index (Phi) is 8.00. The smallest absolute Gasteiger partial charge is 0.262 e. The van der Waals surface area contributed by atoms with Gasteiger partial charge in [-0.15, -0.1) is 11.3 Å². The lowest BCUT2D eigenvalue weighted by Gasteiger charge is -2.32. The second-order valence-corrected chi connectivity index (χ2v) is 13.7. The third-order valence-corrected chi connectivity index (χ3v) is 9.60. The number of hydrogen-bond acceptors (Lipinski definition) is 7. The Hall–Kier alpha value is -2.92. The summed E-state index contributed by atoms with van der Waals surface area (Å²) >= 11 is 7.62. The molecule has 11 heteroatoms. The van der Waals surface area contributed by atoms with Gasteiger partial charge in [-0.25, -0.2) is 13.4 Å². The number of likely N-dealkylation sites (tertiary alicyclic amines) is 1. The Bertz CT molecular complexity index is 1610. The van der Waals surface area contributed by atoms with Crippen molar-refractivity contribution >= 4 is 49.7 Å². The molecule has 5 rings (SSSR count). The molecule has 2 aromatic heterocycles. The summed E-state index contributed by atoms with van der Waals surface area (Å²) in [5, 5.41) is 1.37. The van der Waals surface area contributed by atoms with Gasteiger partial charge in [-0.2, -0.15) is 0 Å². The van der Waals surface area contributed by atoms with Gasteiger partial charge in [-0.1, -0.05) is 35.9 Å². The highest BCUT2D eigenvalue weighted by atomic mass is 35.5. The van der Waals surface area contributed by atoms with Gasteiger partial charge in [0.1, 0.15) is 37.9 Å². The van der Waals surface area contributed by atoms with Gasteiger partial charge in [0.05, 0.1) is 16.8 Å². The van der Waals surface area contributed by atoms with E-state index < -0.39 is 15.7 Å². The first-order valence-corrected chi connectivity index (χ1v) is 16.1. The van der Waals surface area contributed by atoms with Crippen molar-refractivity contribution in [2.45, 2.75) is 31.8 Å². The number of imidazole rings is 1. The topological polar surface area (TPSA) is 108 Å². The Morgan fingerprint density at radius 3 is 2.64 bits per heavy atom. The average Bonchev–Trinajstić information content (AvgIpc) is 3.51. The van der Waals surface area contributed by atoms with E-state index in [2.05, 4.69) is 22.0 Å². The van der Waals surface area contributed by atoms with Crippen LogP contribution in [0.15, 0.2) is 54.9 Å². The maximum absolute atomic E-state index is 12.3. The number of aromatic nitrogens is 2. The highest BCUT2D eigenvalue weighted by molar-refractivity contribution is 7.90. The maximum Gasteiger partial charge on any atom is 0.262 e. The fraction of sp³-hybridized carbons (Fsp3) is 0.357. The van der Waals surface area contributed by atoms with E-state index in [1.807, 2.05) is 41.8 Å². The number of amides is 1. The predicted molar refractivity (Wildman–Crippen MR) is 156 cm³/mol. The van der Waals surface area contributed by atoms with Crippen LogP contribution in [0.1, 0.15) is 52.6 Å². The lowest BCUT2D eigenvalue weighted by Crippen LogP contribution is -2.36. The first kappa shape index (κ1) is 27.6. The molecule has 8 nitrogen and oxygen atoms in total. The van der Waals surface area contributed by atoms with Crippen molar-refractivity contribution in [2.24, 2.45) is 5.73 Å². The molecule has 0 radical (unpaired) electrons. The summed E-state index contributed by atoms with van der Waals surface area (Å²) in [6, 6.07) is 15.6. The van der Waals surface area contributed by atoms with Crippen molar-refractivity contribution in [3.05, 3.63) is 75.9 Å². The monoisotopic (exact) mass is 586 g/mol. The number of thiophene rings is 1. The second kappa shape index (κ2) is 11.3. The number of fused-ring (bicyclic) bond motifs is 1. The normalized spacial score (nSPS) is 16.0. The number of nitrogens with two attached hydrogens (primary N) is 1. The van der Waals surface area contributed by atoms with Crippen LogP contribution in [0.2, 0.25) is 5.02 Å². The lowest BCUT2D eigenvalue weighted by molar-refractivity contribution is 0.0998. The standard InChI is InChI=1S/C28H31ClN4O4S2/c1-18(21-5-3-4-6-22(21)29)37-25-16-26(38-27(25)28(30)34)33-17-31-23-8-7-20(15-24(23)33)19-9-11-32(12-10-19)13-14-39(2,35)36/h3-8,15-19H,9-14H2,1-2H3,(H2,30,34)/t18-/m1/s1. The molecule has 2 aromatic carbocycles. The summed E-state index contributed by atoms with van der Waals surface area (Å²) < 4.78 is 31.2. The zero-order valence-electron chi connectivity index (χ0n) is 21.8. The zero-order valence-corrected chi connectivity index (χ0v) is 24.2. The minimum Gasteiger partial charge on any atom is -0.484 e. The molecule has 0 aliphatic carbocycles. The summed E-state index contributed by atoms with van der Waals surface area (Å²) in [6.07, 6.45) is 4.58. The van der Waals surface area contributed by atoms with Crippen LogP contribution < -0.4 is 10.5 Å². The van der Waals surface area contributed by atoms with Crippen LogP contribution >= 0.6 is 22.9 Å². The van der Waals surface area contributed by atoms with Crippen molar-refractivity contribution in [3.8, 4) is 10.8 Å². The Balaban J connectivity index is 1.38. The van der Waals surface area contributed by atoms with E-state index in [-0.39, 0.29) is 11.9 Å². The van der Waals surface area contributed by atoms with E-state index in [4.69, 9.17) is 22.1 Å². The summed E-state index contributed by atoms with van der Waals surface area (Å²) in [6.45, 7) is 4.20. The van der Waals surface area contributed by atoms with E-state index in [1.165, 1.54) is 23.2 Å². The quantitative estimate of drug-likeness (QED) is 0.289. The number of carbonyl (C=O) groups is 1. The van der Waals surface area contributed by atoms with Gasteiger partial charge >= 0.3 is 0 Å². The van der Waals surface area contributed by atoms with Crippen LogP contribution in [0.3, 0.4) is 0 Å². The van der Waals surface area contributed by atoms with Gasteiger partial charge in [0, 0.05) is 29.5 Å². The number of benzene rings is 2. The molecular formula is C28H31ClN4O4S2. The van der Waals surface area contributed by atoms with Crippen LogP contribution in [-0.4, -0.2) is 60.4 Å². The molecule has 1 atom stereocenters. The molecule has 0 saturated carbocycles. The SMILES string of the molecule is C[C@@H](Oc1cc(-n2cnc3ccc(C4CCN(CCS(C)(=O)=O)CC4)cc32)sc1C(N)=O)c1ccccc1Cl. The molecule has 206 valence electrons. The minimum atomic E-state index is -2.96. The largest absolute Gasteiger partial charge is 0.484 e.